The number of urea groups is 1. The molecule has 0 aromatic rings. The fourth-order valence-corrected chi connectivity index (χ4v) is 1.26. The largest absolute Gasteiger partial charge is 0.480 e. The normalized spacial score (nSPS) is 13.9. The molecule has 0 spiro atoms. The highest BCUT2D eigenvalue weighted by atomic mass is 16.5. The number of rotatable bonds is 7. The van der Waals surface area contributed by atoms with Crippen molar-refractivity contribution in [2.24, 2.45) is 0 Å². The van der Waals surface area contributed by atoms with Gasteiger partial charge in [-0.1, -0.05) is 6.92 Å². The smallest absolute Gasteiger partial charge is 0.325 e. The van der Waals surface area contributed by atoms with Crippen molar-refractivity contribution in [2.45, 2.75) is 39.3 Å². The number of ether oxygens (including phenoxy) is 1. The number of carbonyl (C=O) groups is 2. The van der Waals surface area contributed by atoms with Crippen molar-refractivity contribution in [3.63, 3.8) is 0 Å². The van der Waals surface area contributed by atoms with Crippen LogP contribution in [0.4, 0.5) is 4.79 Å². The summed E-state index contributed by atoms with van der Waals surface area (Å²) in [5.41, 5.74) is 0. The van der Waals surface area contributed by atoms with Gasteiger partial charge in [0.1, 0.15) is 6.04 Å². The van der Waals surface area contributed by atoms with Crippen molar-refractivity contribution in [2.75, 3.05) is 20.3 Å². The van der Waals surface area contributed by atoms with Gasteiger partial charge in [-0.2, -0.15) is 0 Å². The molecule has 0 aliphatic heterocycles. The Kier molecular flexibility index (Phi) is 7.29. The van der Waals surface area contributed by atoms with Crippen LogP contribution >= 0.6 is 0 Å². The van der Waals surface area contributed by atoms with E-state index in [1.807, 2.05) is 13.8 Å². The lowest BCUT2D eigenvalue weighted by atomic mass is 10.2. The molecule has 0 saturated carbocycles. The van der Waals surface area contributed by atoms with Gasteiger partial charge >= 0.3 is 12.0 Å². The van der Waals surface area contributed by atoms with Gasteiger partial charge in [0.05, 0.1) is 6.61 Å². The summed E-state index contributed by atoms with van der Waals surface area (Å²) in [6, 6.07) is -1.21. The van der Waals surface area contributed by atoms with Crippen LogP contribution in [0, 0.1) is 0 Å². The molecule has 0 bridgehead atoms. The van der Waals surface area contributed by atoms with Gasteiger partial charge < -0.3 is 20.1 Å². The van der Waals surface area contributed by atoms with Crippen LogP contribution < -0.4 is 5.32 Å². The number of nitrogens with zero attached hydrogens (tertiary/aromatic N) is 1. The summed E-state index contributed by atoms with van der Waals surface area (Å²) >= 11 is 0. The Labute approximate surface area is 102 Å². The summed E-state index contributed by atoms with van der Waals surface area (Å²) in [5, 5.41) is 11.2. The molecule has 2 amide bonds. The molecular weight excluding hydrogens is 224 g/mol. The summed E-state index contributed by atoms with van der Waals surface area (Å²) in [4.78, 5) is 24.1. The van der Waals surface area contributed by atoms with E-state index in [9.17, 15) is 9.59 Å². The summed E-state index contributed by atoms with van der Waals surface area (Å²) in [6.07, 6.45) is 0.804. The molecule has 0 radical (unpaired) electrons. The highest BCUT2D eigenvalue weighted by Gasteiger charge is 2.22. The highest BCUT2D eigenvalue weighted by Crippen LogP contribution is 2.04. The summed E-state index contributed by atoms with van der Waals surface area (Å²) < 4.78 is 4.93. The van der Waals surface area contributed by atoms with E-state index in [1.54, 1.807) is 12.0 Å². The first-order valence-corrected chi connectivity index (χ1v) is 5.72. The molecule has 0 rings (SSSR count). The predicted molar refractivity (Wildman–Crippen MR) is 64.0 cm³/mol. The molecule has 2 atom stereocenters. The van der Waals surface area contributed by atoms with Crippen molar-refractivity contribution in [3.05, 3.63) is 0 Å². The van der Waals surface area contributed by atoms with E-state index in [0.717, 1.165) is 6.42 Å². The van der Waals surface area contributed by atoms with Gasteiger partial charge in [0, 0.05) is 19.7 Å². The first-order chi connectivity index (χ1) is 7.93. The second-order valence-electron chi connectivity index (χ2n) is 3.95. The van der Waals surface area contributed by atoms with E-state index < -0.39 is 12.0 Å². The van der Waals surface area contributed by atoms with Gasteiger partial charge in [-0.25, -0.2) is 4.79 Å². The van der Waals surface area contributed by atoms with Crippen LogP contribution in [0.15, 0.2) is 0 Å². The van der Waals surface area contributed by atoms with E-state index in [4.69, 9.17) is 9.84 Å². The van der Waals surface area contributed by atoms with Crippen molar-refractivity contribution in [1.82, 2.24) is 10.2 Å². The fourth-order valence-electron chi connectivity index (χ4n) is 1.26. The van der Waals surface area contributed by atoms with Crippen LogP contribution in [0.1, 0.15) is 27.2 Å². The Morgan fingerprint density at radius 1 is 1.41 bits per heavy atom. The minimum atomic E-state index is -1.05. The number of carboxylic acid groups (broad SMARTS) is 1. The average Bonchev–Trinajstić information content (AvgIpc) is 2.28. The third kappa shape index (κ3) is 5.53. The topological polar surface area (TPSA) is 78.9 Å². The van der Waals surface area contributed by atoms with Gasteiger partial charge in [0.15, 0.2) is 0 Å². The van der Waals surface area contributed by atoms with E-state index in [0.29, 0.717) is 13.2 Å². The van der Waals surface area contributed by atoms with Crippen LogP contribution in [0.2, 0.25) is 0 Å². The number of hydrogen-bond acceptors (Lipinski definition) is 3. The first-order valence-electron chi connectivity index (χ1n) is 5.72. The Bertz CT molecular complexity index is 258. The maximum Gasteiger partial charge on any atom is 0.325 e. The zero-order valence-corrected chi connectivity index (χ0v) is 10.9. The molecule has 1 unspecified atom stereocenters. The quantitative estimate of drug-likeness (QED) is 0.700. The van der Waals surface area contributed by atoms with E-state index in [2.05, 4.69) is 5.32 Å². The lowest BCUT2D eigenvalue weighted by Gasteiger charge is -2.29. The molecule has 0 aliphatic rings. The summed E-state index contributed by atoms with van der Waals surface area (Å²) in [6.45, 7) is 6.20. The van der Waals surface area contributed by atoms with Crippen LogP contribution in [0.25, 0.3) is 0 Å². The van der Waals surface area contributed by atoms with E-state index in [1.165, 1.54) is 6.92 Å². The molecule has 0 fully saturated rings. The zero-order chi connectivity index (χ0) is 13.4. The highest BCUT2D eigenvalue weighted by molar-refractivity contribution is 5.82. The van der Waals surface area contributed by atoms with Crippen LogP contribution in [-0.2, 0) is 9.53 Å². The molecular formula is C11H22N2O4. The number of nitrogens with one attached hydrogen (secondary N) is 1. The maximum atomic E-state index is 11.9. The SMILES string of the molecule is CCC(C)N(CCOC)C(=O)N[C@H](C)C(=O)O. The minimum absolute atomic E-state index is 0.0474. The van der Waals surface area contributed by atoms with Crippen LogP contribution in [0.3, 0.4) is 0 Å². The molecule has 0 aromatic heterocycles. The number of hydrogen-bond donors (Lipinski definition) is 2. The zero-order valence-electron chi connectivity index (χ0n) is 10.9. The Morgan fingerprint density at radius 3 is 2.41 bits per heavy atom. The summed E-state index contributed by atoms with van der Waals surface area (Å²) in [5.74, 6) is -1.05. The van der Waals surface area contributed by atoms with Crippen molar-refractivity contribution in [1.29, 1.82) is 0 Å². The number of carbonyl (C=O) groups excluding carboxylic acids is 1. The molecule has 0 heterocycles. The van der Waals surface area contributed by atoms with Crippen molar-refractivity contribution >= 4 is 12.0 Å². The second-order valence-corrected chi connectivity index (χ2v) is 3.95. The molecule has 6 nitrogen and oxygen atoms in total. The fraction of sp³-hybridized carbons (Fsp3) is 0.818. The Balaban J connectivity index is 4.46. The molecule has 0 saturated heterocycles. The number of carboxylic acids is 1. The van der Waals surface area contributed by atoms with Gasteiger partial charge in [-0.05, 0) is 20.3 Å². The monoisotopic (exact) mass is 246 g/mol. The first kappa shape index (κ1) is 15.7. The Hall–Kier alpha value is -1.30. The molecule has 100 valence electrons. The van der Waals surface area contributed by atoms with Crippen molar-refractivity contribution in [3.8, 4) is 0 Å². The average molecular weight is 246 g/mol. The van der Waals surface area contributed by atoms with E-state index >= 15 is 0 Å². The van der Waals surface area contributed by atoms with Crippen molar-refractivity contribution < 1.29 is 19.4 Å². The molecule has 0 aliphatic carbocycles. The van der Waals surface area contributed by atoms with Crippen LogP contribution in [0.5, 0.6) is 0 Å². The third-order valence-corrected chi connectivity index (χ3v) is 2.63. The van der Waals surface area contributed by atoms with Gasteiger partial charge in [0.2, 0.25) is 0 Å². The standard InChI is InChI=1S/C11H22N2O4/c1-5-8(2)13(6-7-17-4)11(16)12-9(3)10(14)15/h8-9H,5-7H2,1-4H3,(H,12,16)(H,14,15)/t8?,9-/m1/s1. The molecule has 2 N–H and O–H groups in total. The van der Waals surface area contributed by atoms with Gasteiger partial charge in [-0.3, -0.25) is 4.79 Å². The van der Waals surface area contributed by atoms with Gasteiger partial charge in [-0.15, -0.1) is 0 Å². The molecule has 17 heavy (non-hydrogen) atoms. The molecule has 6 heteroatoms. The number of aliphatic carboxylic acids is 1. The Morgan fingerprint density at radius 2 is 2.00 bits per heavy atom. The summed E-state index contributed by atoms with van der Waals surface area (Å²) in [7, 11) is 1.56. The molecule has 0 aromatic carbocycles. The third-order valence-electron chi connectivity index (χ3n) is 2.63. The maximum absolute atomic E-state index is 11.9. The van der Waals surface area contributed by atoms with Gasteiger partial charge in [0.25, 0.3) is 0 Å². The number of amides is 2. The van der Waals surface area contributed by atoms with E-state index in [-0.39, 0.29) is 12.1 Å². The predicted octanol–water partition coefficient (Wildman–Crippen LogP) is 0.916. The lowest BCUT2D eigenvalue weighted by molar-refractivity contribution is -0.138. The van der Waals surface area contributed by atoms with Crippen LogP contribution in [-0.4, -0.2) is 54.4 Å². The minimum Gasteiger partial charge on any atom is -0.480 e. The number of methoxy groups -OCH3 is 1. The lowest BCUT2D eigenvalue weighted by Crippen LogP contribution is -2.50. The second kappa shape index (κ2) is 7.89.